The number of rotatable bonds is 5. The van der Waals surface area contributed by atoms with Crippen molar-refractivity contribution in [2.24, 2.45) is 5.73 Å². The van der Waals surface area contributed by atoms with Gasteiger partial charge >= 0.3 is 0 Å². The van der Waals surface area contributed by atoms with Crippen molar-refractivity contribution in [2.45, 2.75) is 57.5 Å². The quantitative estimate of drug-likeness (QED) is 0.908. The lowest BCUT2D eigenvalue weighted by Gasteiger charge is -2.49. The molecule has 1 aromatic rings. The maximum absolute atomic E-state index is 5.92. The van der Waals surface area contributed by atoms with Crippen molar-refractivity contribution < 1.29 is 0 Å². The highest BCUT2D eigenvalue weighted by atomic mass is 32.1. The topological polar surface area (TPSA) is 45.4 Å². The van der Waals surface area contributed by atoms with Gasteiger partial charge in [0, 0.05) is 36.0 Å². The SMILES string of the molecule is CN(CC1(N(C)C)CCC1)c1nc(C(C)(C)C)c(CN)s1. The molecular weight excluding hydrogens is 280 g/mol. The third-order valence-electron chi connectivity index (χ3n) is 4.67. The van der Waals surface area contributed by atoms with Crippen molar-refractivity contribution in [2.75, 3.05) is 32.6 Å². The predicted octanol–water partition coefficient (Wildman–Crippen LogP) is 2.82. The van der Waals surface area contributed by atoms with E-state index in [1.807, 2.05) is 0 Å². The molecule has 0 bridgehead atoms. The lowest BCUT2D eigenvalue weighted by atomic mass is 9.75. The molecule has 1 fully saturated rings. The van der Waals surface area contributed by atoms with E-state index in [-0.39, 0.29) is 5.41 Å². The lowest BCUT2D eigenvalue weighted by Crippen LogP contribution is -2.56. The number of thiazole rings is 1. The third-order valence-corrected chi connectivity index (χ3v) is 5.86. The summed E-state index contributed by atoms with van der Waals surface area (Å²) in [6.07, 6.45) is 3.91. The normalized spacial score (nSPS) is 17.9. The van der Waals surface area contributed by atoms with Crippen molar-refractivity contribution in [1.82, 2.24) is 9.88 Å². The van der Waals surface area contributed by atoms with E-state index in [1.54, 1.807) is 11.3 Å². The van der Waals surface area contributed by atoms with E-state index in [1.165, 1.54) is 24.1 Å². The number of nitrogens with zero attached hydrogens (tertiary/aromatic N) is 3. The second-order valence-corrected chi connectivity index (χ2v) is 8.61. The molecule has 0 spiro atoms. The molecule has 0 atom stereocenters. The Kier molecular flexibility index (Phi) is 4.66. The zero-order valence-electron chi connectivity index (χ0n) is 14.4. The van der Waals surface area contributed by atoms with Crippen LogP contribution in [0.1, 0.15) is 50.6 Å². The average Bonchev–Trinajstić information content (AvgIpc) is 2.76. The molecule has 120 valence electrons. The number of hydrogen-bond donors (Lipinski definition) is 1. The molecule has 1 heterocycles. The molecule has 0 amide bonds. The fourth-order valence-corrected chi connectivity index (χ4v) is 4.18. The van der Waals surface area contributed by atoms with Crippen LogP contribution in [0.5, 0.6) is 0 Å². The van der Waals surface area contributed by atoms with Gasteiger partial charge in [-0.15, -0.1) is 11.3 Å². The van der Waals surface area contributed by atoms with Gasteiger partial charge in [-0.3, -0.25) is 0 Å². The maximum atomic E-state index is 5.92. The molecule has 0 saturated heterocycles. The number of anilines is 1. The minimum absolute atomic E-state index is 0.0556. The summed E-state index contributed by atoms with van der Waals surface area (Å²) in [6.45, 7) is 8.24. The molecule has 0 unspecified atom stereocenters. The summed E-state index contributed by atoms with van der Waals surface area (Å²) in [4.78, 5) is 10.8. The first-order chi connectivity index (χ1) is 9.69. The molecule has 0 radical (unpaired) electrons. The van der Waals surface area contributed by atoms with Crippen LogP contribution in [0.2, 0.25) is 0 Å². The van der Waals surface area contributed by atoms with Crippen LogP contribution < -0.4 is 10.6 Å². The maximum Gasteiger partial charge on any atom is 0.185 e. The standard InChI is InChI=1S/C16H30N4S/c1-15(2,3)13-12(10-17)21-14(18-13)20(6)11-16(19(4)5)8-7-9-16/h7-11,17H2,1-6H3. The van der Waals surface area contributed by atoms with E-state index in [9.17, 15) is 0 Å². The predicted molar refractivity (Wildman–Crippen MR) is 92.2 cm³/mol. The first-order valence-electron chi connectivity index (χ1n) is 7.78. The van der Waals surface area contributed by atoms with E-state index in [2.05, 4.69) is 51.7 Å². The Morgan fingerprint density at radius 3 is 2.19 bits per heavy atom. The second kappa shape index (κ2) is 5.86. The second-order valence-electron chi connectivity index (χ2n) is 7.55. The van der Waals surface area contributed by atoms with Gasteiger partial charge in [0.05, 0.1) is 5.69 Å². The molecule has 1 aliphatic carbocycles. The van der Waals surface area contributed by atoms with Crippen molar-refractivity contribution >= 4 is 16.5 Å². The summed E-state index contributed by atoms with van der Waals surface area (Å²) >= 11 is 1.75. The van der Waals surface area contributed by atoms with E-state index < -0.39 is 0 Å². The van der Waals surface area contributed by atoms with Gasteiger partial charge < -0.3 is 15.5 Å². The van der Waals surface area contributed by atoms with Gasteiger partial charge in [0.15, 0.2) is 5.13 Å². The highest BCUT2D eigenvalue weighted by molar-refractivity contribution is 7.15. The van der Waals surface area contributed by atoms with Gasteiger partial charge in [-0.2, -0.15) is 0 Å². The number of likely N-dealkylation sites (N-methyl/N-ethyl adjacent to an activating group) is 2. The molecule has 5 heteroatoms. The zero-order chi connectivity index (χ0) is 15.8. The smallest absolute Gasteiger partial charge is 0.185 e. The summed E-state index contributed by atoms with van der Waals surface area (Å²) < 4.78 is 0. The van der Waals surface area contributed by atoms with Crippen LogP contribution in [-0.4, -0.2) is 43.1 Å². The van der Waals surface area contributed by atoms with Gasteiger partial charge in [0.25, 0.3) is 0 Å². The Morgan fingerprint density at radius 2 is 1.86 bits per heavy atom. The summed E-state index contributed by atoms with van der Waals surface area (Å²) in [5.74, 6) is 0. The highest BCUT2D eigenvalue weighted by Gasteiger charge is 2.40. The average molecular weight is 311 g/mol. The molecule has 1 saturated carbocycles. The van der Waals surface area contributed by atoms with Gasteiger partial charge in [0.2, 0.25) is 0 Å². The minimum Gasteiger partial charge on any atom is -0.349 e. The van der Waals surface area contributed by atoms with E-state index in [0.717, 1.165) is 17.4 Å². The Bertz CT molecular complexity index is 483. The highest BCUT2D eigenvalue weighted by Crippen LogP contribution is 2.39. The molecule has 21 heavy (non-hydrogen) atoms. The monoisotopic (exact) mass is 310 g/mol. The van der Waals surface area contributed by atoms with Crippen molar-refractivity contribution in [3.8, 4) is 0 Å². The van der Waals surface area contributed by atoms with E-state index in [4.69, 9.17) is 10.7 Å². The summed E-state index contributed by atoms with van der Waals surface area (Å²) in [6, 6.07) is 0. The Morgan fingerprint density at radius 1 is 1.24 bits per heavy atom. The van der Waals surface area contributed by atoms with Crippen LogP contribution >= 0.6 is 11.3 Å². The van der Waals surface area contributed by atoms with Crippen molar-refractivity contribution in [3.05, 3.63) is 10.6 Å². The minimum atomic E-state index is 0.0556. The van der Waals surface area contributed by atoms with Gasteiger partial charge in [-0.1, -0.05) is 20.8 Å². The van der Waals surface area contributed by atoms with Crippen LogP contribution in [0.3, 0.4) is 0 Å². The molecule has 2 N–H and O–H groups in total. The molecule has 2 rings (SSSR count). The zero-order valence-corrected chi connectivity index (χ0v) is 15.2. The van der Waals surface area contributed by atoms with Crippen LogP contribution in [0.4, 0.5) is 5.13 Å². The number of hydrogen-bond acceptors (Lipinski definition) is 5. The van der Waals surface area contributed by atoms with E-state index >= 15 is 0 Å². The molecular formula is C16H30N4S. The Hall–Kier alpha value is -0.650. The lowest BCUT2D eigenvalue weighted by molar-refractivity contribution is 0.0683. The molecule has 0 aromatic carbocycles. The summed E-state index contributed by atoms with van der Waals surface area (Å²) in [7, 11) is 6.55. The number of nitrogens with two attached hydrogens (primary N) is 1. The third kappa shape index (κ3) is 3.25. The van der Waals surface area contributed by atoms with Crippen molar-refractivity contribution in [1.29, 1.82) is 0 Å². The van der Waals surface area contributed by atoms with Gasteiger partial charge in [-0.25, -0.2) is 4.98 Å². The molecule has 1 aromatic heterocycles. The van der Waals surface area contributed by atoms with Crippen molar-refractivity contribution in [3.63, 3.8) is 0 Å². The Balaban J connectivity index is 2.20. The number of aromatic nitrogens is 1. The largest absolute Gasteiger partial charge is 0.349 e. The molecule has 0 aliphatic heterocycles. The fraction of sp³-hybridized carbons (Fsp3) is 0.812. The van der Waals surface area contributed by atoms with E-state index in [0.29, 0.717) is 12.1 Å². The van der Waals surface area contributed by atoms with Crippen LogP contribution in [0, 0.1) is 0 Å². The molecule has 4 nitrogen and oxygen atoms in total. The Labute approximate surface area is 133 Å². The fourth-order valence-electron chi connectivity index (χ4n) is 3.07. The van der Waals surface area contributed by atoms with Crippen LogP contribution in [-0.2, 0) is 12.0 Å². The van der Waals surface area contributed by atoms with Crippen LogP contribution in [0.15, 0.2) is 0 Å². The van der Waals surface area contributed by atoms with Gasteiger partial charge in [-0.05, 0) is 33.4 Å². The first kappa shape index (κ1) is 16.7. The summed E-state index contributed by atoms with van der Waals surface area (Å²) in [5, 5.41) is 1.11. The molecule has 1 aliphatic rings. The first-order valence-corrected chi connectivity index (χ1v) is 8.60. The van der Waals surface area contributed by atoms with Gasteiger partial charge in [0.1, 0.15) is 0 Å². The summed E-state index contributed by atoms with van der Waals surface area (Å²) in [5.41, 5.74) is 7.45. The van der Waals surface area contributed by atoms with Crippen LogP contribution in [0.25, 0.3) is 0 Å².